The Morgan fingerprint density at radius 3 is 2.20 bits per heavy atom. The van der Waals surface area contributed by atoms with Gasteiger partial charge in [0.1, 0.15) is 17.0 Å². The van der Waals surface area contributed by atoms with Crippen molar-refractivity contribution in [2.75, 3.05) is 0 Å². The molecule has 0 spiro atoms. The fraction of sp³-hybridized carbons (Fsp3) is 0.0500. The fourth-order valence-electron chi connectivity index (χ4n) is 2.62. The van der Waals surface area contributed by atoms with Gasteiger partial charge in [0.15, 0.2) is 5.65 Å². The van der Waals surface area contributed by atoms with E-state index in [4.69, 9.17) is 16.3 Å². The SMILES string of the molecule is Cc1nc2nccnc2cc1-c1ccc(Oc2ccc(Cl)cc2)cc1. The summed E-state index contributed by atoms with van der Waals surface area (Å²) in [5.74, 6) is 1.51. The van der Waals surface area contributed by atoms with Gasteiger partial charge >= 0.3 is 0 Å². The van der Waals surface area contributed by atoms with E-state index in [1.165, 1.54) is 0 Å². The van der Waals surface area contributed by atoms with E-state index in [1.54, 1.807) is 24.5 Å². The molecule has 0 saturated heterocycles. The second-order valence-corrected chi connectivity index (χ2v) is 6.04. The molecule has 0 amide bonds. The molecule has 2 aromatic heterocycles. The molecule has 122 valence electrons. The van der Waals surface area contributed by atoms with Crippen LogP contribution in [0.5, 0.6) is 11.5 Å². The van der Waals surface area contributed by atoms with Crippen molar-refractivity contribution in [3.63, 3.8) is 0 Å². The van der Waals surface area contributed by atoms with Crippen molar-refractivity contribution >= 4 is 22.8 Å². The maximum atomic E-state index is 5.89. The Balaban J connectivity index is 1.63. The minimum atomic E-state index is 0.659. The van der Waals surface area contributed by atoms with Crippen molar-refractivity contribution in [2.24, 2.45) is 0 Å². The molecule has 4 aromatic rings. The number of hydrogen-bond donors (Lipinski definition) is 0. The van der Waals surface area contributed by atoms with Crippen molar-refractivity contribution in [3.05, 3.63) is 77.7 Å². The molecule has 4 rings (SSSR count). The highest BCUT2D eigenvalue weighted by Crippen LogP contribution is 2.28. The maximum Gasteiger partial charge on any atom is 0.178 e. The molecule has 0 N–H and O–H groups in total. The molecule has 0 bridgehead atoms. The van der Waals surface area contributed by atoms with E-state index in [2.05, 4.69) is 15.0 Å². The van der Waals surface area contributed by atoms with Gasteiger partial charge in [-0.25, -0.2) is 9.97 Å². The van der Waals surface area contributed by atoms with Crippen LogP contribution in [0.1, 0.15) is 5.69 Å². The van der Waals surface area contributed by atoms with E-state index in [9.17, 15) is 0 Å². The Morgan fingerprint density at radius 2 is 1.48 bits per heavy atom. The first-order chi connectivity index (χ1) is 12.2. The van der Waals surface area contributed by atoms with Crippen LogP contribution in [-0.2, 0) is 0 Å². The molecule has 4 nitrogen and oxygen atoms in total. The summed E-state index contributed by atoms with van der Waals surface area (Å²) in [4.78, 5) is 13.1. The normalized spacial score (nSPS) is 10.8. The third kappa shape index (κ3) is 3.30. The van der Waals surface area contributed by atoms with Crippen LogP contribution in [0, 0.1) is 6.92 Å². The predicted molar refractivity (Wildman–Crippen MR) is 99.0 cm³/mol. The highest BCUT2D eigenvalue weighted by atomic mass is 35.5. The number of benzene rings is 2. The zero-order chi connectivity index (χ0) is 17.2. The zero-order valence-corrected chi connectivity index (χ0v) is 14.2. The summed E-state index contributed by atoms with van der Waals surface area (Å²) in [6.45, 7) is 1.97. The van der Waals surface area contributed by atoms with Gasteiger partial charge < -0.3 is 4.74 Å². The third-order valence-electron chi connectivity index (χ3n) is 3.87. The van der Waals surface area contributed by atoms with Gasteiger partial charge in [-0.15, -0.1) is 0 Å². The van der Waals surface area contributed by atoms with Gasteiger partial charge in [-0.05, 0) is 55.0 Å². The molecule has 0 radical (unpaired) electrons. The molecule has 0 aliphatic carbocycles. The molecule has 25 heavy (non-hydrogen) atoms. The smallest absolute Gasteiger partial charge is 0.178 e. The van der Waals surface area contributed by atoms with Crippen molar-refractivity contribution in [3.8, 4) is 22.6 Å². The van der Waals surface area contributed by atoms with Gasteiger partial charge in [0, 0.05) is 28.7 Å². The number of rotatable bonds is 3. The maximum absolute atomic E-state index is 5.89. The average molecular weight is 348 g/mol. The molecule has 0 aliphatic rings. The Hall–Kier alpha value is -2.98. The quantitative estimate of drug-likeness (QED) is 0.494. The average Bonchev–Trinajstić information content (AvgIpc) is 2.64. The Labute approximate surface area is 150 Å². The molecule has 2 heterocycles. The van der Waals surface area contributed by atoms with Gasteiger partial charge in [-0.3, -0.25) is 4.98 Å². The predicted octanol–water partition coefficient (Wildman–Crippen LogP) is 5.45. The molecule has 5 heteroatoms. The van der Waals surface area contributed by atoms with E-state index in [0.29, 0.717) is 10.7 Å². The largest absolute Gasteiger partial charge is 0.457 e. The van der Waals surface area contributed by atoms with Crippen LogP contribution in [0.3, 0.4) is 0 Å². The molecule has 0 unspecified atom stereocenters. The molecular formula is C20H14ClN3O. The van der Waals surface area contributed by atoms with E-state index in [1.807, 2.05) is 49.4 Å². The zero-order valence-electron chi connectivity index (χ0n) is 13.5. The Bertz CT molecular complexity index is 1030. The van der Waals surface area contributed by atoms with E-state index in [-0.39, 0.29) is 0 Å². The lowest BCUT2D eigenvalue weighted by molar-refractivity contribution is 0.483. The summed E-state index contributed by atoms with van der Waals surface area (Å²) in [5, 5.41) is 0.685. The van der Waals surface area contributed by atoms with Gasteiger partial charge in [-0.1, -0.05) is 23.7 Å². The number of ether oxygens (including phenoxy) is 1. The highest BCUT2D eigenvalue weighted by molar-refractivity contribution is 6.30. The number of hydrogen-bond acceptors (Lipinski definition) is 4. The number of nitrogens with zero attached hydrogens (tertiary/aromatic N) is 3. The topological polar surface area (TPSA) is 47.9 Å². The molecule has 0 fully saturated rings. The number of pyridine rings is 1. The van der Waals surface area contributed by atoms with Crippen molar-refractivity contribution in [2.45, 2.75) is 6.92 Å². The highest BCUT2D eigenvalue weighted by Gasteiger charge is 2.07. The lowest BCUT2D eigenvalue weighted by Crippen LogP contribution is -1.93. The first-order valence-corrected chi connectivity index (χ1v) is 8.19. The van der Waals surface area contributed by atoms with Crippen LogP contribution in [0.4, 0.5) is 0 Å². The lowest BCUT2D eigenvalue weighted by Gasteiger charge is -2.09. The summed E-state index contributed by atoms with van der Waals surface area (Å²) >= 11 is 5.89. The van der Waals surface area contributed by atoms with Crippen LogP contribution in [0.15, 0.2) is 67.0 Å². The third-order valence-corrected chi connectivity index (χ3v) is 4.12. The van der Waals surface area contributed by atoms with Crippen molar-refractivity contribution in [1.82, 2.24) is 15.0 Å². The summed E-state index contributed by atoms with van der Waals surface area (Å²) in [6.07, 6.45) is 3.32. The monoisotopic (exact) mass is 347 g/mol. The van der Waals surface area contributed by atoms with Crippen molar-refractivity contribution in [1.29, 1.82) is 0 Å². The number of halogens is 1. The second-order valence-electron chi connectivity index (χ2n) is 5.60. The van der Waals surface area contributed by atoms with Gasteiger partial charge in [-0.2, -0.15) is 0 Å². The van der Waals surface area contributed by atoms with Crippen LogP contribution in [0.25, 0.3) is 22.3 Å². The Kier molecular flexibility index (Phi) is 4.04. The number of fused-ring (bicyclic) bond motifs is 1. The van der Waals surface area contributed by atoms with E-state index in [0.717, 1.165) is 33.8 Å². The van der Waals surface area contributed by atoms with Crippen LogP contribution < -0.4 is 4.74 Å². The molecule has 0 saturated carbocycles. The standard InChI is InChI=1S/C20H14ClN3O/c1-13-18(12-19-20(24-13)23-11-10-22-19)14-2-6-16(7-3-14)25-17-8-4-15(21)5-9-17/h2-12H,1H3. The summed E-state index contributed by atoms with van der Waals surface area (Å²) in [6, 6.07) is 17.2. The molecule has 2 aromatic carbocycles. The van der Waals surface area contributed by atoms with Gasteiger partial charge in [0.2, 0.25) is 0 Å². The Morgan fingerprint density at radius 1 is 0.840 bits per heavy atom. The minimum absolute atomic E-state index is 0.659. The minimum Gasteiger partial charge on any atom is -0.457 e. The van der Waals surface area contributed by atoms with Gasteiger partial charge in [0.05, 0.1) is 0 Å². The van der Waals surface area contributed by atoms with Gasteiger partial charge in [0.25, 0.3) is 0 Å². The molecule has 0 atom stereocenters. The van der Waals surface area contributed by atoms with E-state index < -0.39 is 0 Å². The lowest BCUT2D eigenvalue weighted by atomic mass is 10.0. The van der Waals surface area contributed by atoms with E-state index >= 15 is 0 Å². The van der Waals surface area contributed by atoms with Crippen molar-refractivity contribution < 1.29 is 4.74 Å². The fourth-order valence-corrected chi connectivity index (χ4v) is 2.75. The van der Waals surface area contributed by atoms with Crippen LogP contribution >= 0.6 is 11.6 Å². The first-order valence-electron chi connectivity index (χ1n) is 7.81. The molecular weight excluding hydrogens is 334 g/mol. The first kappa shape index (κ1) is 15.5. The number of aromatic nitrogens is 3. The number of aryl methyl sites for hydroxylation is 1. The molecule has 0 aliphatic heterocycles. The van der Waals surface area contributed by atoms with Crippen LogP contribution in [-0.4, -0.2) is 15.0 Å². The summed E-state index contributed by atoms with van der Waals surface area (Å²) in [5.41, 5.74) is 4.45. The summed E-state index contributed by atoms with van der Waals surface area (Å²) < 4.78 is 5.83. The summed E-state index contributed by atoms with van der Waals surface area (Å²) in [7, 11) is 0. The van der Waals surface area contributed by atoms with Crippen LogP contribution in [0.2, 0.25) is 5.02 Å². The second kappa shape index (κ2) is 6.49.